The lowest BCUT2D eigenvalue weighted by Crippen LogP contribution is -2.27. The highest BCUT2D eigenvalue weighted by atomic mass is 35.5. The Labute approximate surface area is 105 Å². The van der Waals surface area contributed by atoms with Crippen molar-refractivity contribution in [2.75, 3.05) is 13.1 Å². The zero-order valence-electron chi connectivity index (χ0n) is 9.34. The normalized spacial score (nSPS) is 20.1. The molecule has 90 valence electrons. The quantitative estimate of drug-likeness (QED) is 0.817. The number of hydrogen-bond donors (Lipinski definition) is 1. The van der Waals surface area contributed by atoms with E-state index in [1.807, 2.05) is 12.1 Å². The topological polar surface area (TPSA) is 40.5 Å². The molecule has 0 bridgehead atoms. The maximum absolute atomic E-state index is 11.7. The molecule has 1 aromatic carbocycles. The Morgan fingerprint density at radius 2 is 2.35 bits per heavy atom. The van der Waals surface area contributed by atoms with Gasteiger partial charge in [0.25, 0.3) is 0 Å². The van der Waals surface area contributed by atoms with E-state index in [0.717, 1.165) is 5.56 Å². The molecule has 1 atom stereocenters. The Morgan fingerprint density at radius 1 is 1.53 bits per heavy atom. The first-order valence-electron chi connectivity index (χ1n) is 5.56. The number of aliphatic hydroxyl groups excluding tert-OH is 1. The summed E-state index contributed by atoms with van der Waals surface area (Å²) in [4.78, 5) is 13.4. The van der Waals surface area contributed by atoms with Crippen molar-refractivity contribution in [1.29, 1.82) is 0 Å². The summed E-state index contributed by atoms with van der Waals surface area (Å²) < 4.78 is 0. The van der Waals surface area contributed by atoms with Crippen LogP contribution in [-0.4, -0.2) is 35.1 Å². The minimum Gasteiger partial charge on any atom is -0.391 e. The van der Waals surface area contributed by atoms with Crippen LogP contribution >= 0.6 is 11.6 Å². The average Bonchev–Trinajstić information content (AvgIpc) is 2.73. The zero-order chi connectivity index (χ0) is 12.3. The van der Waals surface area contributed by atoms with Gasteiger partial charge in [0.1, 0.15) is 0 Å². The Balaban J connectivity index is 1.98. The number of halogens is 1. The predicted octanol–water partition coefficient (Wildman–Crippen LogP) is 1.95. The molecule has 3 nitrogen and oxygen atoms in total. The summed E-state index contributed by atoms with van der Waals surface area (Å²) in [5.41, 5.74) is 0.894. The molecule has 0 unspecified atom stereocenters. The van der Waals surface area contributed by atoms with E-state index in [9.17, 15) is 9.90 Å². The highest BCUT2D eigenvalue weighted by Gasteiger charge is 2.22. The second kappa shape index (κ2) is 5.34. The summed E-state index contributed by atoms with van der Waals surface area (Å²) in [6, 6.07) is 7.31. The molecular formula is C13H14ClNO2. The van der Waals surface area contributed by atoms with E-state index in [2.05, 4.69) is 0 Å². The fourth-order valence-electron chi connectivity index (χ4n) is 1.83. The van der Waals surface area contributed by atoms with Crippen molar-refractivity contribution >= 4 is 23.6 Å². The van der Waals surface area contributed by atoms with Crippen molar-refractivity contribution in [3.63, 3.8) is 0 Å². The van der Waals surface area contributed by atoms with Crippen molar-refractivity contribution < 1.29 is 9.90 Å². The van der Waals surface area contributed by atoms with Gasteiger partial charge in [-0.1, -0.05) is 23.7 Å². The van der Waals surface area contributed by atoms with Crippen LogP contribution < -0.4 is 0 Å². The van der Waals surface area contributed by atoms with Gasteiger partial charge in [0, 0.05) is 24.2 Å². The van der Waals surface area contributed by atoms with Crippen LogP contribution in [0.2, 0.25) is 5.02 Å². The van der Waals surface area contributed by atoms with Crippen LogP contribution in [0, 0.1) is 0 Å². The molecule has 0 aromatic heterocycles. The van der Waals surface area contributed by atoms with E-state index in [0.29, 0.717) is 24.5 Å². The van der Waals surface area contributed by atoms with E-state index in [4.69, 9.17) is 11.6 Å². The van der Waals surface area contributed by atoms with Crippen molar-refractivity contribution in [1.82, 2.24) is 4.90 Å². The number of hydrogen-bond acceptors (Lipinski definition) is 2. The lowest BCUT2D eigenvalue weighted by atomic mass is 10.2. The third-order valence-electron chi connectivity index (χ3n) is 2.74. The van der Waals surface area contributed by atoms with Crippen LogP contribution in [0.25, 0.3) is 6.08 Å². The molecule has 1 aliphatic heterocycles. The third kappa shape index (κ3) is 3.32. The van der Waals surface area contributed by atoms with Gasteiger partial charge >= 0.3 is 0 Å². The number of carbonyl (C=O) groups excluding carboxylic acids is 1. The fraction of sp³-hybridized carbons (Fsp3) is 0.308. The standard InChI is InChI=1S/C13H14ClNO2/c14-11-3-1-2-10(8-11)4-5-13(17)15-7-6-12(16)9-15/h1-5,8,12,16H,6-7,9H2/t12-/m0/s1. The summed E-state index contributed by atoms with van der Waals surface area (Å²) in [5.74, 6) is -0.0680. The summed E-state index contributed by atoms with van der Waals surface area (Å²) in [7, 11) is 0. The highest BCUT2D eigenvalue weighted by Crippen LogP contribution is 2.13. The first kappa shape index (κ1) is 12.1. The summed E-state index contributed by atoms with van der Waals surface area (Å²) in [6.07, 6.45) is 3.54. The fourth-order valence-corrected chi connectivity index (χ4v) is 2.02. The van der Waals surface area contributed by atoms with Gasteiger partial charge in [-0.05, 0) is 30.2 Å². The molecule has 1 aromatic rings. The first-order valence-corrected chi connectivity index (χ1v) is 5.93. The minimum atomic E-state index is -0.376. The molecular weight excluding hydrogens is 238 g/mol. The van der Waals surface area contributed by atoms with Gasteiger partial charge < -0.3 is 10.0 Å². The van der Waals surface area contributed by atoms with Gasteiger partial charge in [-0.3, -0.25) is 4.79 Å². The van der Waals surface area contributed by atoms with Gasteiger partial charge in [-0.25, -0.2) is 0 Å². The van der Waals surface area contributed by atoms with Crippen LogP contribution in [0.4, 0.5) is 0 Å². The Kier molecular flexibility index (Phi) is 3.82. The average molecular weight is 252 g/mol. The number of amides is 1. The van der Waals surface area contributed by atoms with E-state index in [-0.39, 0.29) is 12.0 Å². The molecule has 1 fully saturated rings. The smallest absolute Gasteiger partial charge is 0.246 e. The van der Waals surface area contributed by atoms with Crippen LogP contribution in [0.3, 0.4) is 0 Å². The summed E-state index contributed by atoms with van der Waals surface area (Å²) >= 11 is 5.84. The molecule has 1 N–H and O–H groups in total. The van der Waals surface area contributed by atoms with Gasteiger partial charge in [0.15, 0.2) is 0 Å². The number of benzene rings is 1. The second-order valence-electron chi connectivity index (χ2n) is 4.12. The zero-order valence-corrected chi connectivity index (χ0v) is 10.1. The molecule has 1 amide bonds. The van der Waals surface area contributed by atoms with Gasteiger partial charge in [0.2, 0.25) is 5.91 Å². The molecule has 17 heavy (non-hydrogen) atoms. The van der Waals surface area contributed by atoms with Crippen LogP contribution in [0.15, 0.2) is 30.3 Å². The molecule has 2 rings (SSSR count). The summed E-state index contributed by atoms with van der Waals surface area (Å²) in [5, 5.41) is 9.98. The Bertz CT molecular complexity index is 445. The number of rotatable bonds is 2. The number of β-amino-alcohol motifs (C(OH)–C–C–N with tert-alkyl or cyclic N) is 1. The van der Waals surface area contributed by atoms with E-state index >= 15 is 0 Å². The molecule has 0 aliphatic carbocycles. The maximum atomic E-state index is 11.7. The Morgan fingerprint density at radius 3 is 3.00 bits per heavy atom. The number of likely N-dealkylation sites (tertiary alicyclic amines) is 1. The molecule has 1 saturated heterocycles. The van der Waals surface area contributed by atoms with Gasteiger partial charge in [0.05, 0.1) is 6.10 Å². The predicted molar refractivity (Wildman–Crippen MR) is 67.7 cm³/mol. The largest absolute Gasteiger partial charge is 0.391 e. The second-order valence-corrected chi connectivity index (χ2v) is 4.55. The number of nitrogens with zero attached hydrogens (tertiary/aromatic N) is 1. The lowest BCUT2D eigenvalue weighted by Gasteiger charge is -2.12. The molecule has 0 radical (unpaired) electrons. The van der Waals surface area contributed by atoms with Crippen molar-refractivity contribution in [2.24, 2.45) is 0 Å². The van der Waals surface area contributed by atoms with Crippen LogP contribution in [0.5, 0.6) is 0 Å². The SMILES string of the molecule is O=C(C=Cc1cccc(Cl)c1)N1CC[C@H](O)C1. The summed E-state index contributed by atoms with van der Waals surface area (Å²) in [6.45, 7) is 1.05. The monoisotopic (exact) mass is 251 g/mol. The van der Waals surface area contributed by atoms with Gasteiger partial charge in [-0.2, -0.15) is 0 Å². The number of carbonyl (C=O) groups is 1. The van der Waals surface area contributed by atoms with E-state index < -0.39 is 0 Å². The van der Waals surface area contributed by atoms with Crippen molar-refractivity contribution in [2.45, 2.75) is 12.5 Å². The molecule has 1 heterocycles. The third-order valence-corrected chi connectivity index (χ3v) is 2.98. The highest BCUT2D eigenvalue weighted by molar-refractivity contribution is 6.30. The Hall–Kier alpha value is -1.32. The first-order chi connectivity index (χ1) is 8.15. The van der Waals surface area contributed by atoms with E-state index in [1.165, 1.54) is 6.08 Å². The lowest BCUT2D eigenvalue weighted by molar-refractivity contribution is -0.125. The van der Waals surface area contributed by atoms with Crippen molar-refractivity contribution in [3.05, 3.63) is 40.9 Å². The van der Waals surface area contributed by atoms with Gasteiger partial charge in [-0.15, -0.1) is 0 Å². The van der Waals surface area contributed by atoms with Crippen molar-refractivity contribution in [3.8, 4) is 0 Å². The molecule has 1 aliphatic rings. The number of aliphatic hydroxyl groups is 1. The molecule has 0 saturated carbocycles. The van der Waals surface area contributed by atoms with Crippen LogP contribution in [-0.2, 0) is 4.79 Å². The van der Waals surface area contributed by atoms with Crippen LogP contribution in [0.1, 0.15) is 12.0 Å². The minimum absolute atomic E-state index is 0.0680. The van der Waals surface area contributed by atoms with E-state index in [1.54, 1.807) is 23.1 Å². The molecule has 4 heteroatoms. The molecule has 0 spiro atoms. The maximum Gasteiger partial charge on any atom is 0.246 e.